The van der Waals surface area contributed by atoms with E-state index < -0.39 is 0 Å². The summed E-state index contributed by atoms with van der Waals surface area (Å²) >= 11 is 0. The molecule has 0 aromatic carbocycles. The van der Waals surface area contributed by atoms with Gasteiger partial charge in [-0.15, -0.1) is 0 Å². The van der Waals surface area contributed by atoms with Gasteiger partial charge in [0.2, 0.25) is 0 Å². The molecule has 0 aliphatic carbocycles. The molecule has 1 aliphatic rings. The zero-order valence-corrected chi connectivity index (χ0v) is 8.55. The van der Waals surface area contributed by atoms with Crippen LogP contribution in [-0.2, 0) is 9.47 Å². The molecule has 1 rings (SSSR count). The minimum atomic E-state index is 0.691. The third-order valence-corrected chi connectivity index (χ3v) is 2.45. The molecule has 0 aromatic heterocycles. The lowest BCUT2D eigenvalue weighted by atomic mass is 10.0. The predicted octanol–water partition coefficient (Wildman–Crippen LogP) is 1.18. The molecule has 78 valence electrons. The fourth-order valence-electron chi connectivity index (χ4n) is 1.64. The molecule has 0 spiro atoms. The molecule has 1 aliphatic heterocycles. The van der Waals surface area contributed by atoms with Crippen LogP contribution in [0.1, 0.15) is 25.7 Å². The molecule has 0 saturated carbocycles. The van der Waals surface area contributed by atoms with Crippen molar-refractivity contribution in [3.8, 4) is 0 Å². The van der Waals surface area contributed by atoms with Crippen LogP contribution < -0.4 is 5.32 Å². The lowest BCUT2D eigenvalue weighted by Gasteiger charge is -2.23. The van der Waals surface area contributed by atoms with Crippen LogP contribution in [0, 0.1) is 0 Å². The Morgan fingerprint density at radius 3 is 2.85 bits per heavy atom. The molecule has 1 saturated heterocycles. The van der Waals surface area contributed by atoms with Crippen LogP contribution in [0.15, 0.2) is 0 Å². The molecule has 3 nitrogen and oxygen atoms in total. The van der Waals surface area contributed by atoms with Crippen molar-refractivity contribution in [3.63, 3.8) is 0 Å². The van der Waals surface area contributed by atoms with Crippen molar-refractivity contribution in [2.24, 2.45) is 0 Å². The summed E-state index contributed by atoms with van der Waals surface area (Å²) in [7, 11) is 1.70. The van der Waals surface area contributed by atoms with Gasteiger partial charge in [0, 0.05) is 19.8 Å². The Morgan fingerprint density at radius 2 is 2.15 bits per heavy atom. The summed E-state index contributed by atoms with van der Waals surface area (Å²) in [5.41, 5.74) is 0. The van der Waals surface area contributed by atoms with Gasteiger partial charge in [-0.05, 0) is 25.8 Å². The molecule has 1 atom stereocenters. The van der Waals surface area contributed by atoms with Gasteiger partial charge in [-0.1, -0.05) is 6.42 Å². The van der Waals surface area contributed by atoms with Crippen LogP contribution in [0.5, 0.6) is 0 Å². The third kappa shape index (κ3) is 5.24. The summed E-state index contributed by atoms with van der Waals surface area (Å²) in [5.74, 6) is 0. The second-order valence-electron chi connectivity index (χ2n) is 3.54. The fourth-order valence-corrected chi connectivity index (χ4v) is 1.64. The van der Waals surface area contributed by atoms with Crippen molar-refractivity contribution in [1.29, 1.82) is 0 Å². The van der Waals surface area contributed by atoms with Gasteiger partial charge >= 0.3 is 0 Å². The topological polar surface area (TPSA) is 30.5 Å². The van der Waals surface area contributed by atoms with Crippen LogP contribution >= 0.6 is 0 Å². The van der Waals surface area contributed by atoms with E-state index >= 15 is 0 Å². The Labute approximate surface area is 80.8 Å². The van der Waals surface area contributed by atoms with Gasteiger partial charge < -0.3 is 14.8 Å². The van der Waals surface area contributed by atoms with Crippen molar-refractivity contribution in [3.05, 3.63) is 0 Å². The highest BCUT2D eigenvalue weighted by Gasteiger charge is 2.11. The average Bonchev–Trinajstić information content (AvgIpc) is 2.19. The molecule has 3 heteroatoms. The normalized spacial score (nSPS) is 23.3. The maximum atomic E-state index is 5.41. The minimum Gasteiger partial charge on any atom is -0.382 e. The Balaban J connectivity index is 1.86. The average molecular weight is 187 g/mol. The van der Waals surface area contributed by atoms with E-state index in [2.05, 4.69) is 5.32 Å². The molecule has 1 heterocycles. The van der Waals surface area contributed by atoms with E-state index in [1.807, 2.05) is 0 Å². The Kier molecular flexibility index (Phi) is 6.15. The maximum absolute atomic E-state index is 5.41. The van der Waals surface area contributed by atoms with Crippen LogP contribution in [0.3, 0.4) is 0 Å². The Bertz CT molecular complexity index is 113. The molecule has 0 aromatic rings. The van der Waals surface area contributed by atoms with Gasteiger partial charge in [-0.3, -0.25) is 0 Å². The second-order valence-corrected chi connectivity index (χ2v) is 3.54. The van der Waals surface area contributed by atoms with Crippen molar-refractivity contribution in [1.82, 2.24) is 5.32 Å². The first kappa shape index (κ1) is 11.0. The van der Waals surface area contributed by atoms with Crippen molar-refractivity contribution in [2.75, 3.05) is 33.5 Å². The van der Waals surface area contributed by atoms with Crippen LogP contribution in [0.4, 0.5) is 0 Å². The smallest absolute Gasteiger partial charge is 0.0700 e. The summed E-state index contributed by atoms with van der Waals surface area (Å²) in [6.45, 7) is 3.48. The van der Waals surface area contributed by atoms with E-state index in [0.29, 0.717) is 12.6 Å². The summed E-state index contributed by atoms with van der Waals surface area (Å²) < 4.78 is 10.3. The molecule has 13 heavy (non-hydrogen) atoms. The van der Waals surface area contributed by atoms with Gasteiger partial charge in [0.15, 0.2) is 0 Å². The van der Waals surface area contributed by atoms with Gasteiger partial charge in [-0.2, -0.15) is 0 Å². The zero-order valence-electron chi connectivity index (χ0n) is 8.55. The first-order chi connectivity index (χ1) is 6.43. The number of rotatable bonds is 6. The number of piperidine rings is 1. The van der Waals surface area contributed by atoms with E-state index in [1.54, 1.807) is 7.11 Å². The molecule has 0 radical (unpaired) electrons. The standard InChI is InChI=1S/C10H21NO2/c1-12-8-9-13-7-5-10-4-2-3-6-11-10/h10-11H,2-9H2,1H3. The number of hydrogen-bond acceptors (Lipinski definition) is 3. The van der Waals surface area contributed by atoms with E-state index in [0.717, 1.165) is 19.6 Å². The quantitative estimate of drug-likeness (QED) is 0.633. The lowest BCUT2D eigenvalue weighted by Crippen LogP contribution is -2.34. The van der Waals surface area contributed by atoms with E-state index in [9.17, 15) is 0 Å². The highest BCUT2D eigenvalue weighted by atomic mass is 16.5. The van der Waals surface area contributed by atoms with Gasteiger partial charge in [0.25, 0.3) is 0 Å². The summed E-state index contributed by atoms with van der Waals surface area (Å²) in [4.78, 5) is 0. The summed E-state index contributed by atoms with van der Waals surface area (Å²) in [6.07, 6.45) is 5.16. The predicted molar refractivity (Wildman–Crippen MR) is 53.0 cm³/mol. The summed E-state index contributed by atoms with van der Waals surface area (Å²) in [5, 5.41) is 3.50. The van der Waals surface area contributed by atoms with Crippen LogP contribution in [0.25, 0.3) is 0 Å². The van der Waals surface area contributed by atoms with E-state index in [-0.39, 0.29) is 0 Å². The highest BCUT2D eigenvalue weighted by molar-refractivity contribution is 4.71. The zero-order chi connectivity index (χ0) is 9.36. The first-order valence-corrected chi connectivity index (χ1v) is 5.23. The fraction of sp³-hybridized carbons (Fsp3) is 1.00. The number of hydrogen-bond donors (Lipinski definition) is 1. The number of ether oxygens (including phenoxy) is 2. The van der Waals surface area contributed by atoms with Crippen LogP contribution in [-0.4, -0.2) is 39.5 Å². The SMILES string of the molecule is COCCOCCC1CCCCN1. The van der Waals surface area contributed by atoms with Crippen LogP contribution in [0.2, 0.25) is 0 Å². The lowest BCUT2D eigenvalue weighted by molar-refractivity contribution is 0.0646. The molecule has 1 fully saturated rings. The van der Waals surface area contributed by atoms with Crippen molar-refractivity contribution in [2.45, 2.75) is 31.7 Å². The second kappa shape index (κ2) is 7.30. The highest BCUT2D eigenvalue weighted by Crippen LogP contribution is 2.09. The van der Waals surface area contributed by atoms with Crippen molar-refractivity contribution < 1.29 is 9.47 Å². The third-order valence-electron chi connectivity index (χ3n) is 2.45. The minimum absolute atomic E-state index is 0.691. The molecule has 0 amide bonds. The first-order valence-electron chi connectivity index (χ1n) is 5.23. The van der Waals surface area contributed by atoms with Gasteiger partial charge in [0.05, 0.1) is 13.2 Å². The molecule has 1 N–H and O–H groups in total. The number of methoxy groups -OCH3 is 1. The molecule has 1 unspecified atom stereocenters. The van der Waals surface area contributed by atoms with Gasteiger partial charge in [0.1, 0.15) is 0 Å². The Morgan fingerprint density at radius 1 is 1.23 bits per heavy atom. The largest absolute Gasteiger partial charge is 0.382 e. The molecular formula is C10H21NO2. The van der Waals surface area contributed by atoms with Gasteiger partial charge in [-0.25, -0.2) is 0 Å². The maximum Gasteiger partial charge on any atom is 0.0700 e. The number of nitrogens with one attached hydrogen (secondary N) is 1. The van der Waals surface area contributed by atoms with Crippen molar-refractivity contribution >= 4 is 0 Å². The molecular weight excluding hydrogens is 166 g/mol. The Hall–Kier alpha value is -0.120. The monoisotopic (exact) mass is 187 g/mol. The van der Waals surface area contributed by atoms with E-state index in [4.69, 9.17) is 9.47 Å². The molecule has 0 bridgehead atoms. The summed E-state index contributed by atoms with van der Waals surface area (Å²) in [6, 6.07) is 0.691. The van der Waals surface area contributed by atoms with E-state index in [1.165, 1.54) is 25.8 Å².